The van der Waals surface area contributed by atoms with Crippen molar-refractivity contribution in [1.82, 2.24) is 50.7 Å². The Bertz CT molecular complexity index is 1210. The second-order valence-corrected chi connectivity index (χ2v) is 11.2. The molecule has 0 aromatic rings. The molecule has 0 saturated heterocycles. The van der Waals surface area contributed by atoms with Crippen molar-refractivity contribution >= 4 is 59.5 Å². The van der Waals surface area contributed by atoms with Crippen molar-refractivity contribution in [3.8, 4) is 0 Å². The van der Waals surface area contributed by atoms with Crippen molar-refractivity contribution in [2.45, 2.75) is 13.3 Å². The Morgan fingerprint density at radius 1 is 0.449 bits per heavy atom. The number of hydrogen-bond donors (Lipinski definition) is 4. The summed E-state index contributed by atoms with van der Waals surface area (Å²) >= 11 is 0. The van der Waals surface area contributed by atoms with E-state index in [1.165, 1.54) is 47.2 Å². The van der Waals surface area contributed by atoms with Crippen LogP contribution in [0.5, 0.6) is 0 Å². The van der Waals surface area contributed by atoms with Gasteiger partial charge in [0, 0.05) is 42.3 Å². The highest BCUT2D eigenvalue weighted by molar-refractivity contribution is 5.93. The average molecular weight is 699 g/mol. The zero-order chi connectivity index (χ0) is 37.7. The first-order chi connectivity index (χ1) is 22.9. The van der Waals surface area contributed by atoms with Crippen LogP contribution in [0.2, 0.25) is 0 Å². The van der Waals surface area contributed by atoms with Crippen molar-refractivity contribution in [2.24, 2.45) is 0 Å². The fourth-order valence-electron chi connectivity index (χ4n) is 3.59. The largest absolute Gasteiger partial charge is 0.348 e. The molecule has 20 nitrogen and oxygen atoms in total. The first-order valence-corrected chi connectivity index (χ1v) is 15.3. The van der Waals surface area contributed by atoms with Crippen LogP contribution in [0.15, 0.2) is 0 Å². The monoisotopic (exact) mass is 698 g/mol. The molecule has 0 aromatic carbocycles. The van der Waals surface area contributed by atoms with Crippen molar-refractivity contribution in [3.63, 3.8) is 0 Å². The van der Waals surface area contributed by atoms with E-state index in [1.54, 1.807) is 0 Å². The summed E-state index contributed by atoms with van der Waals surface area (Å²) in [5.41, 5.74) is 0. The van der Waals surface area contributed by atoms with Crippen LogP contribution < -0.4 is 21.3 Å². The minimum atomic E-state index is -0.684. The number of nitrogens with zero attached hydrogens (tertiary/aromatic N) is 6. The molecule has 276 valence electrons. The summed E-state index contributed by atoms with van der Waals surface area (Å²) in [6, 6.07) is 0. The second kappa shape index (κ2) is 23.2. The van der Waals surface area contributed by atoms with E-state index in [-0.39, 0.29) is 45.2 Å². The molecule has 0 aliphatic heterocycles. The summed E-state index contributed by atoms with van der Waals surface area (Å²) < 4.78 is 0. The molecule has 0 aliphatic carbocycles. The molecular formula is C29H50N10O10. The van der Waals surface area contributed by atoms with Gasteiger partial charge in [0.15, 0.2) is 0 Å². The molecular weight excluding hydrogens is 648 g/mol. The van der Waals surface area contributed by atoms with Crippen LogP contribution in [0.25, 0.3) is 0 Å². The highest BCUT2D eigenvalue weighted by Crippen LogP contribution is 1.95. The van der Waals surface area contributed by atoms with E-state index in [0.29, 0.717) is 12.8 Å². The lowest BCUT2D eigenvalue weighted by Crippen LogP contribution is -2.48. The minimum absolute atomic E-state index is 0.0855. The van der Waals surface area contributed by atoms with Crippen molar-refractivity contribution in [2.75, 3.05) is 114 Å². The average Bonchev–Trinajstić information content (AvgIpc) is 3.04. The maximum absolute atomic E-state index is 12.6. The predicted molar refractivity (Wildman–Crippen MR) is 174 cm³/mol. The van der Waals surface area contributed by atoms with Gasteiger partial charge < -0.3 is 55.5 Å². The van der Waals surface area contributed by atoms with Crippen LogP contribution in [0.1, 0.15) is 13.3 Å². The summed E-state index contributed by atoms with van der Waals surface area (Å²) in [6.07, 6.45) is 1.35. The number of rotatable bonds is 22. The highest BCUT2D eigenvalue weighted by atomic mass is 16.2. The molecule has 0 spiro atoms. The lowest BCUT2D eigenvalue weighted by molar-refractivity contribution is -0.141. The standard InChI is InChI=1S/C29H50N10O10/c1-8-9-30-12-24(44)37(5)18-27(47)35(3)16-22(42)32-14-26(46)39(7)20-29(49)36(4)17-23(43)33-13-25(45)38(6)19-28(48)34(2)15-21(41)31-10-11-40/h11,30H,8-10,12-20H2,1-7H3,(H,31,41)(H,32,42)(H,33,43). The summed E-state index contributed by atoms with van der Waals surface area (Å²) in [7, 11) is 8.17. The van der Waals surface area contributed by atoms with Gasteiger partial charge in [0.1, 0.15) is 6.29 Å². The Morgan fingerprint density at radius 3 is 1.08 bits per heavy atom. The third-order valence-corrected chi connectivity index (χ3v) is 6.77. The quantitative estimate of drug-likeness (QED) is 0.0614. The maximum Gasteiger partial charge on any atom is 0.242 e. The normalized spacial score (nSPS) is 10.2. The number of aldehydes is 1. The first-order valence-electron chi connectivity index (χ1n) is 15.3. The van der Waals surface area contributed by atoms with Crippen molar-refractivity contribution in [1.29, 1.82) is 0 Å². The molecule has 0 radical (unpaired) electrons. The molecule has 20 heteroatoms. The molecule has 49 heavy (non-hydrogen) atoms. The molecule has 0 unspecified atom stereocenters. The Labute approximate surface area is 285 Å². The predicted octanol–water partition coefficient (Wildman–Crippen LogP) is -5.72. The topological polar surface area (TPSA) is 238 Å². The SMILES string of the molecule is CCCNCC(=O)N(C)CC(=O)N(C)CC(=O)NCC(=O)N(C)CC(=O)N(C)CC(=O)NCC(=O)N(C)CC(=O)N(C)CC(=O)NCC=O. The van der Waals surface area contributed by atoms with Crippen LogP contribution in [0.3, 0.4) is 0 Å². The van der Waals surface area contributed by atoms with Gasteiger partial charge in [-0.2, -0.15) is 0 Å². The summed E-state index contributed by atoms with van der Waals surface area (Å²) in [4.78, 5) is 127. The minimum Gasteiger partial charge on any atom is -0.348 e. The van der Waals surface area contributed by atoms with Crippen molar-refractivity contribution in [3.05, 3.63) is 0 Å². The van der Waals surface area contributed by atoms with E-state index in [9.17, 15) is 47.9 Å². The summed E-state index contributed by atoms with van der Waals surface area (Å²) in [5.74, 6) is -5.02. The fraction of sp³-hybridized carbons (Fsp3) is 0.655. The van der Waals surface area contributed by atoms with E-state index in [4.69, 9.17) is 0 Å². The zero-order valence-electron chi connectivity index (χ0n) is 29.3. The Kier molecular flexibility index (Phi) is 20.8. The van der Waals surface area contributed by atoms with E-state index in [2.05, 4.69) is 21.3 Å². The third-order valence-electron chi connectivity index (χ3n) is 6.77. The van der Waals surface area contributed by atoms with E-state index >= 15 is 0 Å². The Hall–Kier alpha value is -5.14. The number of likely N-dealkylation sites (N-methyl/N-ethyl adjacent to an activating group) is 6. The van der Waals surface area contributed by atoms with Gasteiger partial charge in [-0.05, 0) is 13.0 Å². The molecule has 0 atom stereocenters. The van der Waals surface area contributed by atoms with Crippen molar-refractivity contribution < 1.29 is 47.9 Å². The first kappa shape index (κ1) is 43.9. The molecule has 0 rings (SSSR count). The van der Waals surface area contributed by atoms with Gasteiger partial charge in [-0.25, -0.2) is 0 Å². The smallest absolute Gasteiger partial charge is 0.242 e. The number of amides is 9. The van der Waals surface area contributed by atoms with Gasteiger partial charge in [-0.1, -0.05) is 6.92 Å². The number of hydrogen-bond acceptors (Lipinski definition) is 11. The van der Waals surface area contributed by atoms with Gasteiger partial charge in [-0.15, -0.1) is 0 Å². The van der Waals surface area contributed by atoms with Gasteiger partial charge in [-0.3, -0.25) is 43.2 Å². The van der Waals surface area contributed by atoms with Gasteiger partial charge in [0.2, 0.25) is 53.2 Å². The Morgan fingerprint density at radius 2 is 0.755 bits per heavy atom. The van der Waals surface area contributed by atoms with Crippen LogP contribution in [0.4, 0.5) is 0 Å². The van der Waals surface area contributed by atoms with Crippen LogP contribution in [-0.2, 0) is 47.9 Å². The number of carbonyl (C=O) groups is 10. The van der Waals surface area contributed by atoms with Gasteiger partial charge in [0.05, 0.1) is 65.4 Å². The number of carbonyl (C=O) groups excluding carboxylic acids is 10. The van der Waals surface area contributed by atoms with E-state index < -0.39 is 73.4 Å². The lowest BCUT2D eigenvalue weighted by atomic mass is 10.4. The number of nitrogens with one attached hydrogen (secondary N) is 4. The molecule has 4 N–H and O–H groups in total. The molecule has 0 saturated carbocycles. The van der Waals surface area contributed by atoms with Crippen LogP contribution in [0, 0.1) is 0 Å². The molecule has 0 aromatic heterocycles. The summed E-state index contributed by atoms with van der Waals surface area (Å²) in [6.45, 7) is -0.579. The maximum atomic E-state index is 12.6. The third kappa shape index (κ3) is 18.7. The molecule has 0 heterocycles. The van der Waals surface area contributed by atoms with Crippen LogP contribution in [-0.4, -0.2) is 203 Å². The highest BCUT2D eigenvalue weighted by Gasteiger charge is 2.22. The fourth-order valence-corrected chi connectivity index (χ4v) is 3.59. The van der Waals surface area contributed by atoms with Crippen LogP contribution >= 0.6 is 0 Å². The Balaban J connectivity index is 4.54. The van der Waals surface area contributed by atoms with E-state index in [0.717, 1.165) is 30.9 Å². The van der Waals surface area contributed by atoms with Gasteiger partial charge in [0.25, 0.3) is 0 Å². The molecule has 9 amide bonds. The van der Waals surface area contributed by atoms with E-state index in [1.807, 2.05) is 6.92 Å². The zero-order valence-corrected chi connectivity index (χ0v) is 29.3. The molecule has 0 aliphatic rings. The molecule has 0 fully saturated rings. The second-order valence-electron chi connectivity index (χ2n) is 11.2. The summed E-state index contributed by atoms with van der Waals surface area (Å²) in [5, 5.41) is 9.94. The molecule has 0 bridgehead atoms. The lowest BCUT2D eigenvalue weighted by Gasteiger charge is -2.23. The van der Waals surface area contributed by atoms with Gasteiger partial charge >= 0.3 is 0 Å².